The van der Waals surface area contributed by atoms with Crippen LogP contribution in [0.1, 0.15) is 5.56 Å². The molecule has 0 bridgehead atoms. The summed E-state index contributed by atoms with van der Waals surface area (Å²) in [6.45, 7) is 3.73. The fourth-order valence-corrected chi connectivity index (χ4v) is 4.06. The minimum Gasteiger partial charge on any atom is -0.288 e. The first-order chi connectivity index (χ1) is 15.3. The Balaban J connectivity index is 1.76. The van der Waals surface area contributed by atoms with Gasteiger partial charge in [-0.2, -0.15) is 0 Å². The Bertz CT molecular complexity index is 1470. The molecule has 5 aromatic rings. The van der Waals surface area contributed by atoms with Crippen LogP contribution in [0.4, 0.5) is 0 Å². The molecule has 0 saturated carbocycles. The van der Waals surface area contributed by atoms with Gasteiger partial charge in [0.2, 0.25) is 0 Å². The Morgan fingerprint density at radius 2 is 1.81 bits per heavy atom. The van der Waals surface area contributed by atoms with Crippen LogP contribution in [0, 0.1) is 12.1 Å². The average molecular weight is 396 g/mol. The van der Waals surface area contributed by atoms with E-state index in [-0.39, 0.29) is 0 Å². The van der Waals surface area contributed by atoms with Crippen LogP contribution in [0.3, 0.4) is 0 Å². The predicted molar refractivity (Wildman–Crippen MR) is 132 cm³/mol. The Morgan fingerprint density at radius 1 is 0.968 bits per heavy atom. The van der Waals surface area contributed by atoms with E-state index in [9.17, 15) is 0 Å². The summed E-state index contributed by atoms with van der Waals surface area (Å²) >= 11 is 0. The van der Waals surface area contributed by atoms with Crippen molar-refractivity contribution in [3.05, 3.63) is 115 Å². The molecule has 0 N–H and O–H groups in total. The van der Waals surface area contributed by atoms with Gasteiger partial charge in [0, 0.05) is 34.2 Å². The number of aromatic nitrogens is 1. The molecule has 2 heteroatoms. The van der Waals surface area contributed by atoms with Gasteiger partial charge in [0.1, 0.15) is 0 Å². The van der Waals surface area contributed by atoms with Crippen LogP contribution in [0.25, 0.3) is 43.7 Å². The van der Waals surface area contributed by atoms with E-state index in [0.717, 1.165) is 49.6 Å². The maximum absolute atomic E-state index is 5.04. The first kappa shape index (κ1) is 18.8. The summed E-state index contributed by atoms with van der Waals surface area (Å²) in [4.78, 5) is 9.43. The predicted octanol–water partition coefficient (Wildman–Crippen LogP) is 6.97. The molecule has 0 unspecified atom stereocenters. The van der Waals surface area contributed by atoms with Crippen molar-refractivity contribution in [2.75, 3.05) is 7.05 Å². The highest BCUT2D eigenvalue weighted by Gasteiger charge is 2.13. The summed E-state index contributed by atoms with van der Waals surface area (Å²) < 4.78 is 0. The Labute approximate surface area is 181 Å². The van der Waals surface area contributed by atoms with Crippen molar-refractivity contribution in [3.63, 3.8) is 0 Å². The SMILES string of the molecule is C=C/C=C\C(=NC)c1ccc(-c2nc3ccccc3c3c2ccc2ccc#cc23)cc1. The van der Waals surface area contributed by atoms with Crippen molar-refractivity contribution in [1.82, 2.24) is 4.98 Å². The topological polar surface area (TPSA) is 25.2 Å². The Morgan fingerprint density at radius 3 is 2.61 bits per heavy atom. The molecule has 0 saturated heterocycles. The molecule has 5 rings (SSSR count). The average Bonchev–Trinajstić information content (AvgIpc) is 2.84. The van der Waals surface area contributed by atoms with E-state index in [1.165, 1.54) is 5.39 Å². The molecule has 0 aliphatic rings. The third kappa shape index (κ3) is 3.27. The van der Waals surface area contributed by atoms with E-state index in [1.54, 1.807) is 13.1 Å². The second kappa shape index (κ2) is 7.89. The molecule has 2 nitrogen and oxygen atoms in total. The van der Waals surface area contributed by atoms with Gasteiger partial charge in [-0.3, -0.25) is 4.99 Å². The number of nitrogens with zero attached hydrogens (tertiary/aromatic N) is 2. The van der Waals surface area contributed by atoms with Crippen molar-refractivity contribution in [3.8, 4) is 11.3 Å². The number of fused-ring (bicyclic) bond motifs is 5. The van der Waals surface area contributed by atoms with Gasteiger partial charge in [0.25, 0.3) is 0 Å². The molecular formula is C29H20N2. The van der Waals surface area contributed by atoms with E-state index in [0.29, 0.717) is 0 Å². The van der Waals surface area contributed by atoms with Crippen molar-refractivity contribution < 1.29 is 0 Å². The molecule has 0 radical (unpaired) electrons. The normalized spacial score (nSPS) is 12.0. The van der Waals surface area contributed by atoms with Crippen LogP contribution in [0.2, 0.25) is 0 Å². The van der Waals surface area contributed by atoms with Gasteiger partial charge in [0.05, 0.1) is 16.9 Å². The van der Waals surface area contributed by atoms with Crippen LogP contribution in [-0.2, 0) is 0 Å². The molecular weight excluding hydrogens is 376 g/mol. The molecule has 4 aromatic carbocycles. The number of rotatable bonds is 4. The van der Waals surface area contributed by atoms with Crippen molar-refractivity contribution in [1.29, 1.82) is 0 Å². The van der Waals surface area contributed by atoms with Crippen LogP contribution < -0.4 is 0 Å². The molecule has 0 aliphatic carbocycles. The zero-order valence-corrected chi connectivity index (χ0v) is 17.3. The highest BCUT2D eigenvalue weighted by molar-refractivity contribution is 6.22. The van der Waals surface area contributed by atoms with Gasteiger partial charge < -0.3 is 0 Å². The first-order valence-electron chi connectivity index (χ1n) is 10.2. The molecule has 31 heavy (non-hydrogen) atoms. The number of hydrogen-bond acceptors (Lipinski definition) is 2. The first-order valence-corrected chi connectivity index (χ1v) is 10.2. The summed E-state index contributed by atoms with van der Waals surface area (Å²) in [5.41, 5.74) is 4.99. The quantitative estimate of drug-likeness (QED) is 0.183. The molecule has 1 heterocycles. The highest BCUT2D eigenvalue weighted by Crippen LogP contribution is 2.36. The number of allylic oxidation sites excluding steroid dienone is 3. The number of aliphatic imine (C=N–C) groups is 1. The summed E-state index contributed by atoms with van der Waals surface area (Å²) in [6.07, 6.45) is 5.61. The maximum atomic E-state index is 5.04. The van der Waals surface area contributed by atoms with Gasteiger partial charge in [-0.05, 0) is 35.2 Å². The smallest absolute Gasteiger partial charge is 0.0788 e. The van der Waals surface area contributed by atoms with Crippen LogP contribution in [0.15, 0.2) is 103 Å². The molecule has 0 atom stereocenters. The Kier molecular flexibility index (Phi) is 4.78. The lowest BCUT2D eigenvalue weighted by Gasteiger charge is -2.12. The molecule has 1 aromatic heterocycles. The summed E-state index contributed by atoms with van der Waals surface area (Å²) in [5, 5.41) is 5.65. The van der Waals surface area contributed by atoms with E-state index < -0.39 is 0 Å². The van der Waals surface area contributed by atoms with Gasteiger partial charge >= 0.3 is 0 Å². The lowest BCUT2D eigenvalue weighted by atomic mass is 9.95. The fraction of sp³-hybridized carbons (Fsp3) is 0.0345. The summed E-state index contributed by atoms with van der Waals surface area (Å²) in [5.74, 6) is 0. The van der Waals surface area contributed by atoms with Crippen LogP contribution >= 0.6 is 0 Å². The van der Waals surface area contributed by atoms with Crippen LogP contribution in [0.5, 0.6) is 0 Å². The molecule has 146 valence electrons. The molecule has 0 amide bonds. The number of para-hydroxylation sites is 1. The third-order valence-electron chi connectivity index (χ3n) is 5.53. The highest BCUT2D eigenvalue weighted by atomic mass is 14.7. The second-order valence-electron chi connectivity index (χ2n) is 7.31. The zero-order valence-electron chi connectivity index (χ0n) is 17.3. The van der Waals surface area contributed by atoms with Gasteiger partial charge in [-0.1, -0.05) is 85.5 Å². The number of hydrogen-bond donors (Lipinski definition) is 0. The van der Waals surface area contributed by atoms with Crippen molar-refractivity contribution >= 4 is 38.2 Å². The van der Waals surface area contributed by atoms with Crippen LogP contribution in [-0.4, -0.2) is 17.7 Å². The summed E-state index contributed by atoms with van der Waals surface area (Å²) in [6, 6.07) is 31.5. The molecule has 0 spiro atoms. The second-order valence-corrected chi connectivity index (χ2v) is 7.31. The van der Waals surface area contributed by atoms with E-state index in [1.807, 2.05) is 24.3 Å². The lowest BCUT2D eigenvalue weighted by molar-refractivity contribution is 1.41. The van der Waals surface area contributed by atoms with Gasteiger partial charge in [-0.15, -0.1) is 0 Å². The maximum Gasteiger partial charge on any atom is 0.0788 e. The molecule has 0 aliphatic heterocycles. The number of benzene rings is 3. The lowest BCUT2D eigenvalue weighted by Crippen LogP contribution is -1.97. The van der Waals surface area contributed by atoms with E-state index in [2.05, 4.69) is 84.4 Å². The number of pyridine rings is 1. The van der Waals surface area contributed by atoms with Gasteiger partial charge in [-0.25, -0.2) is 4.98 Å². The minimum absolute atomic E-state index is 0.916. The standard InChI is InChI=1S/C29H20N2/c1-3-4-12-26(30-2)21-14-16-22(17-15-21)29-25-19-18-20-9-5-6-10-23(20)28(25)24-11-7-8-13-27(24)31-29/h3-5,7-9,11-19H,1H2,2H3/b12-4-,30-26?. The minimum atomic E-state index is 0.916. The molecule has 0 fully saturated rings. The fourth-order valence-electron chi connectivity index (χ4n) is 4.06. The van der Waals surface area contributed by atoms with Gasteiger partial charge in [0.15, 0.2) is 0 Å². The van der Waals surface area contributed by atoms with Crippen molar-refractivity contribution in [2.24, 2.45) is 4.99 Å². The van der Waals surface area contributed by atoms with E-state index in [4.69, 9.17) is 4.98 Å². The Hall–Kier alpha value is -4.22. The largest absolute Gasteiger partial charge is 0.288 e. The third-order valence-corrected chi connectivity index (χ3v) is 5.53. The summed E-state index contributed by atoms with van der Waals surface area (Å²) in [7, 11) is 1.80. The van der Waals surface area contributed by atoms with Crippen molar-refractivity contribution in [2.45, 2.75) is 0 Å². The monoisotopic (exact) mass is 396 g/mol. The van der Waals surface area contributed by atoms with E-state index >= 15 is 0 Å². The zero-order chi connectivity index (χ0) is 21.2.